The fourth-order valence-electron chi connectivity index (χ4n) is 4.55. The fourth-order valence-corrected chi connectivity index (χ4v) is 5.49. The molecule has 1 spiro atoms. The van der Waals surface area contributed by atoms with Crippen LogP contribution in [-0.4, -0.2) is 48.5 Å². The minimum atomic E-state index is -4.22. The van der Waals surface area contributed by atoms with Crippen molar-refractivity contribution in [3.63, 3.8) is 0 Å². The summed E-state index contributed by atoms with van der Waals surface area (Å²) in [5.41, 5.74) is 7.62. The number of ether oxygens (including phenoxy) is 1. The quantitative estimate of drug-likeness (QED) is 0.477. The molecule has 1 saturated heterocycles. The van der Waals surface area contributed by atoms with Crippen LogP contribution in [0, 0.1) is 5.41 Å². The van der Waals surface area contributed by atoms with Crippen LogP contribution in [0.5, 0.6) is 5.88 Å². The predicted octanol–water partition coefficient (Wildman–Crippen LogP) is 3.41. The maximum Gasteiger partial charge on any atom is 0.281 e. The number of rotatable bonds is 7. The molecule has 1 amide bonds. The number of piperidine rings is 1. The lowest BCUT2D eigenvalue weighted by molar-refractivity contribution is 0.0981. The number of carbonyl (C=O) groups is 1. The van der Waals surface area contributed by atoms with Crippen molar-refractivity contribution in [3.8, 4) is 17.1 Å². The molecule has 5 rings (SSSR count). The van der Waals surface area contributed by atoms with Crippen LogP contribution in [0.1, 0.15) is 49.9 Å². The molecule has 37 heavy (non-hydrogen) atoms. The number of pyridine rings is 3. The van der Waals surface area contributed by atoms with Gasteiger partial charge in [0.2, 0.25) is 5.88 Å². The molecular weight excluding hydrogens is 492 g/mol. The lowest BCUT2D eigenvalue weighted by atomic mass is 9.93. The molecule has 1 aliphatic carbocycles. The van der Waals surface area contributed by atoms with E-state index in [4.69, 9.17) is 15.5 Å². The highest BCUT2D eigenvalue weighted by molar-refractivity contribution is 7.90. The summed E-state index contributed by atoms with van der Waals surface area (Å²) in [7, 11) is -4.22. The van der Waals surface area contributed by atoms with Gasteiger partial charge in [-0.2, -0.15) is 8.42 Å². The summed E-state index contributed by atoms with van der Waals surface area (Å²) in [5.74, 6) is 0.233. The molecule has 0 unspecified atom stereocenters. The van der Waals surface area contributed by atoms with Gasteiger partial charge in [0.15, 0.2) is 5.03 Å². The largest absolute Gasteiger partial charge is 0.475 e. The molecule has 0 radical (unpaired) electrons. The van der Waals surface area contributed by atoms with E-state index < -0.39 is 15.9 Å². The van der Waals surface area contributed by atoms with Crippen molar-refractivity contribution in [2.75, 3.05) is 23.7 Å². The monoisotopic (exact) mass is 522 g/mol. The molecule has 2 aliphatic rings. The van der Waals surface area contributed by atoms with Crippen molar-refractivity contribution in [2.45, 2.75) is 50.7 Å². The van der Waals surface area contributed by atoms with Crippen LogP contribution in [0.3, 0.4) is 0 Å². The van der Waals surface area contributed by atoms with E-state index in [-0.39, 0.29) is 22.5 Å². The molecule has 0 bridgehead atoms. The van der Waals surface area contributed by atoms with Gasteiger partial charge in [0.1, 0.15) is 11.6 Å². The highest BCUT2D eigenvalue weighted by Gasteiger charge is 2.45. The molecule has 11 heteroatoms. The zero-order valence-corrected chi connectivity index (χ0v) is 21.7. The molecule has 194 valence electrons. The van der Waals surface area contributed by atoms with Crippen LogP contribution >= 0.6 is 0 Å². The van der Waals surface area contributed by atoms with Crippen molar-refractivity contribution < 1.29 is 17.9 Å². The number of nitrogens with one attached hydrogen (secondary N) is 1. The van der Waals surface area contributed by atoms with Crippen molar-refractivity contribution in [1.29, 1.82) is 0 Å². The third-order valence-corrected chi connectivity index (χ3v) is 8.07. The molecule has 10 nitrogen and oxygen atoms in total. The number of amides is 1. The molecule has 0 aromatic carbocycles. The number of carbonyl (C=O) groups excluding carboxylic acids is 1. The first-order valence-corrected chi connectivity index (χ1v) is 13.8. The van der Waals surface area contributed by atoms with Gasteiger partial charge in [-0.05, 0) is 75.3 Å². The normalized spacial score (nSPS) is 16.6. The topological polar surface area (TPSA) is 140 Å². The zero-order valence-electron chi connectivity index (χ0n) is 20.8. The van der Waals surface area contributed by atoms with E-state index in [1.54, 1.807) is 24.4 Å². The number of nitrogens with zero attached hydrogens (tertiary/aromatic N) is 4. The van der Waals surface area contributed by atoms with E-state index in [2.05, 4.69) is 19.6 Å². The average Bonchev–Trinajstić information content (AvgIpc) is 3.62. The van der Waals surface area contributed by atoms with Crippen LogP contribution in [0.4, 0.5) is 11.6 Å². The number of nitrogen functional groups attached to an aromatic ring is 1. The Labute approximate surface area is 216 Å². The Kier molecular flexibility index (Phi) is 6.49. The van der Waals surface area contributed by atoms with Crippen molar-refractivity contribution >= 4 is 27.6 Å². The standard InChI is InChI=1S/C26H30N6O4S/c1-17(2)36-22-9-6-18(16-28-22)20-8-7-19(24(29-20)32-14-12-26(10-11-26)13-15-32)25(33)31-37(34,35)23-5-3-4-21(27)30-23/h3-9,16-17H,10-15H2,1-2H3,(H2,27,30)(H,31,33). The number of sulfonamides is 1. The second-order valence-electron chi connectivity index (χ2n) is 9.94. The van der Waals surface area contributed by atoms with Gasteiger partial charge in [0.25, 0.3) is 15.9 Å². The lowest BCUT2D eigenvalue weighted by Crippen LogP contribution is -2.38. The maximum absolute atomic E-state index is 13.3. The lowest BCUT2D eigenvalue weighted by Gasteiger charge is -2.34. The third-order valence-electron chi connectivity index (χ3n) is 6.84. The average molecular weight is 523 g/mol. The molecule has 3 N–H and O–H groups in total. The van der Waals surface area contributed by atoms with Crippen molar-refractivity contribution in [3.05, 3.63) is 54.2 Å². The van der Waals surface area contributed by atoms with E-state index >= 15 is 0 Å². The number of aromatic nitrogens is 3. The van der Waals surface area contributed by atoms with E-state index in [9.17, 15) is 13.2 Å². The van der Waals surface area contributed by atoms with Gasteiger partial charge in [-0.1, -0.05) is 6.07 Å². The summed E-state index contributed by atoms with van der Waals surface area (Å²) < 4.78 is 33.4. The summed E-state index contributed by atoms with van der Waals surface area (Å²) >= 11 is 0. The molecule has 4 heterocycles. The summed E-state index contributed by atoms with van der Waals surface area (Å²) in [5, 5.41) is -0.324. The van der Waals surface area contributed by atoms with Gasteiger partial charge in [0.05, 0.1) is 17.4 Å². The van der Waals surface area contributed by atoms with Crippen LogP contribution in [0.2, 0.25) is 0 Å². The summed E-state index contributed by atoms with van der Waals surface area (Å²) in [4.78, 5) is 28.4. The van der Waals surface area contributed by atoms with Crippen LogP contribution in [0.15, 0.2) is 53.7 Å². The first-order valence-electron chi connectivity index (χ1n) is 12.3. The molecular formula is C26H30N6O4S. The number of anilines is 2. The number of hydrogen-bond acceptors (Lipinski definition) is 9. The van der Waals surface area contributed by atoms with Crippen molar-refractivity contribution in [1.82, 2.24) is 19.7 Å². The Bertz CT molecular complexity index is 1410. The predicted molar refractivity (Wildman–Crippen MR) is 140 cm³/mol. The number of hydrogen-bond donors (Lipinski definition) is 2. The highest BCUT2D eigenvalue weighted by Crippen LogP contribution is 2.54. The Balaban J connectivity index is 1.46. The van der Waals surface area contributed by atoms with E-state index in [1.165, 1.54) is 31.0 Å². The minimum absolute atomic E-state index is 0.00791. The molecule has 2 fully saturated rings. The summed E-state index contributed by atoms with van der Waals surface area (Å²) in [6.45, 7) is 5.36. The summed E-state index contributed by atoms with van der Waals surface area (Å²) in [6.07, 6.45) is 6.21. The van der Waals surface area contributed by atoms with Crippen molar-refractivity contribution in [2.24, 2.45) is 5.41 Å². The van der Waals surface area contributed by atoms with E-state index in [0.29, 0.717) is 22.8 Å². The Morgan fingerprint density at radius 3 is 2.43 bits per heavy atom. The van der Waals surface area contributed by atoms with E-state index in [1.807, 2.05) is 19.9 Å². The van der Waals surface area contributed by atoms with E-state index in [0.717, 1.165) is 31.5 Å². The van der Waals surface area contributed by atoms with Gasteiger partial charge in [-0.25, -0.2) is 19.7 Å². The minimum Gasteiger partial charge on any atom is -0.475 e. The Morgan fingerprint density at radius 1 is 1.05 bits per heavy atom. The zero-order chi connectivity index (χ0) is 26.2. The number of nitrogens with two attached hydrogens (primary N) is 1. The molecule has 1 aliphatic heterocycles. The maximum atomic E-state index is 13.3. The smallest absolute Gasteiger partial charge is 0.281 e. The fraction of sp³-hybridized carbons (Fsp3) is 0.385. The molecule has 3 aromatic heterocycles. The first kappa shape index (κ1) is 24.9. The van der Waals surface area contributed by atoms with Gasteiger partial charge in [-0.15, -0.1) is 0 Å². The van der Waals surface area contributed by atoms with Crippen LogP contribution in [0.25, 0.3) is 11.3 Å². The van der Waals surface area contributed by atoms with Crippen LogP contribution < -0.4 is 20.1 Å². The Morgan fingerprint density at radius 2 is 1.81 bits per heavy atom. The van der Waals surface area contributed by atoms with Gasteiger partial charge in [-0.3, -0.25) is 4.79 Å². The molecule has 1 saturated carbocycles. The summed E-state index contributed by atoms with van der Waals surface area (Å²) in [6, 6.07) is 11.2. The Hall–Kier alpha value is -3.73. The van der Waals surface area contributed by atoms with Gasteiger partial charge in [0, 0.05) is 30.9 Å². The highest BCUT2D eigenvalue weighted by atomic mass is 32.2. The molecule has 3 aromatic rings. The van der Waals surface area contributed by atoms with Gasteiger partial charge >= 0.3 is 0 Å². The first-order chi connectivity index (χ1) is 17.6. The van der Waals surface area contributed by atoms with Gasteiger partial charge < -0.3 is 15.4 Å². The second kappa shape index (κ2) is 9.62. The van der Waals surface area contributed by atoms with Crippen LogP contribution in [-0.2, 0) is 10.0 Å². The molecule has 0 atom stereocenters. The second-order valence-corrected chi connectivity index (χ2v) is 11.6. The SMILES string of the molecule is CC(C)Oc1ccc(-c2ccc(C(=O)NS(=O)(=O)c3cccc(N)n3)c(N3CCC4(CC3)CC4)n2)cn1. The third kappa shape index (κ3) is 5.51.